The van der Waals surface area contributed by atoms with E-state index in [9.17, 15) is 9.59 Å². The second-order valence-corrected chi connectivity index (χ2v) is 5.71. The van der Waals surface area contributed by atoms with Gasteiger partial charge in [-0.1, -0.05) is 24.6 Å². The van der Waals surface area contributed by atoms with Crippen molar-refractivity contribution < 1.29 is 9.59 Å². The molecule has 122 valence electrons. The summed E-state index contributed by atoms with van der Waals surface area (Å²) in [6.45, 7) is 3.01. The minimum atomic E-state index is -0.448. The van der Waals surface area contributed by atoms with E-state index in [1.54, 1.807) is 24.1 Å². The predicted octanol–water partition coefficient (Wildman–Crippen LogP) is 1.84. The molecular weight excluding hydrogens is 325 g/mol. The highest BCUT2D eigenvalue weighted by Crippen LogP contribution is 2.24. The predicted molar refractivity (Wildman–Crippen MR) is 90.7 cm³/mol. The lowest BCUT2D eigenvalue weighted by Crippen LogP contribution is -2.45. The smallest absolute Gasteiger partial charge is 0.249 e. The van der Waals surface area contributed by atoms with E-state index in [1.807, 2.05) is 19.1 Å². The van der Waals surface area contributed by atoms with E-state index in [0.717, 1.165) is 5.69 Å². The van der Waals surface area contributed by atoms with Crippen LogP contribution in [0.25, 0.3) is 0 Å². The van der Waals surface area contributed by atoms with Crippen LogP contribution in [0.4, 0.5) is 5.69 Å². The van der Waals surface area contributed by atoms with E-state index in [-0.39, 0.29) is 30.1 Å². The van der Waals surface area contributed by atoms with Crippen LogP contribution in [-0.4, -0.2) is 38.0 Å². The molecule has 1 aromatic carbocycles. The number of halogens is 2. The Bertz CT molecular complexity index is 539. The molecule has 2 atom stereocenters. The summed E-state index contributed by atoms with van der Waals surface area (Å²) in [5.41, 5.74) is 0.771. The summed E-state index contributed by atoms with van der Waals surface area (Å²) >= 11 is 5.95. The van der Waals surface area contributed by atoms with Crippen molar-refractivity contribution in [3.63, 3.8) is 0 Å². The van der Waals surface area contributed by atoms with E-state index in [0.29, 0.717) is 24.5 Å². The van der Waals surface area contributed by atoms with Crippen LogP contribution in [-0.2, 0) is 9.59 Å². The van der Waals surface area contributed by atoms with Gasteiger partial charge in [0, 0.05) is 29.7 Å². The molecule has 2 unspecified atom stereocenters. The van der Waals surface area contributed by atoms with Gasteiger partial charge in [0.05, 0.1) is 0 Å². The third-order valence-electron chi connectivity index (χ3n) is 3.60. The Hall–Kier alpha value is -1.30. The molecule has 2 amide bonds. The molecule has 0 radical (unpaired) electrons. The van der Waals surface area contributed by atoms with Gasteiger partial charge >= 0.3 is 0 Å². The molecule has 0 saturated carbocycles. The zero-order chi connectivity index (χ0) is 15.4. The number of rotatable bonds is 5. The minimum Gasteiger partial charge on any atom is -0.344 e. The Morgan fingerprint density at radius 3 is 2.86 bits per heavy atom. The lowest BCUT2D eigenvalue weighted by Gasteiger charge is -2.18. The van der Waals surface area contributed by atoms with Gasteiger partial charge < -0.3 is 15.5 Å². The maximum atomic E-state index is 12.4. The monoisotopic (exact) mass is 345 g/mol. The molecule has 1 fully saturated rings. The van der Waals surface area contributed by atoms with Crippen LogP contribution in [0, 0.1) is 5.92 Å². The molecule has 1 aromatic rings. The molecule has 0 aliphatic carbocycles. The number of carbonyl (C=O) groups excluding carboxylic acids is 2. The maximum Gasteiger partial charge on any atom is 0.249 e. The first kappa shape index (κ1) is 18.7. The first-order valence-corrected chi connectivity index (χ1v) is 7.42. The standard InChI is InChI=1S/C15H20ClN3O2.ClH/c1-10(9-17-2)14(20)18-13-6-7-19(15(13)21)12-5-3-4-11(16)8-12;/h3-5,8,10,13,17H,6-7,9H2,1-2H3,(H,18,20);1H. The highest BCUT2D eigenvalue weighted by molar-refractivity contribution is 6.31. The molecule has 2 N–H and O–H groups in total. The second kappa shape index (κ2) is 8.36. The van der Waals surface area contributed by atoms with Crippen LogP contribution in [0.5, 0.6) is 0 Å². The van der Waals surface area contributed by atoms with Crippen molar-refractivity contribution in [3.05, 3.63) is 29.3 Å². The van der Waals surface area contributed by atoms with Crippen molar-refractivity contribution >= 4 is 41.5 Å². The van der Waals surface area contributed by atoms with Crippen LogP contribution in [0.1, 0.15) is 13.3 Å². The first-order valence-electron chi connectivity index (χ1n) is 7.05. The number of amides is 2. The highest BCUT2D eigenvalue weighted by Gasteiger charge is 2.34. The molecule has 7 heteroatoms. The van der Waals surface area contributed by atoms with Crippen molar-refractivity contribution in [1.82, 2.24) is 10.6 Å². The van der Waals surface area contributed by atoms with Gasteiger partial charge in [-0.15, -0.1) is 12.4 Å². The van der Waals surface area contributed by atoms with E-state index in [4.69, 9.17) is 11.6 Å². The van der Waals surface area contributed by atoms with E-state index in [2.05, 4.69) is 10.6 Å². The van der Waals surface area contributed by atoms with Crippen LogP contribution >= 0.6 is 24.0 Å². The van der Waals surface area contributed by atoms with Gasteiger partial charge in [-0.3, -0.25) is 9.59 Å². The molecule has 1 heterocycles. The molecule has 5 nitrogen and oxygen atoms in total. The first-order chi connectivity index (χ1) is 10.0. The summed E-state index contributed by atoms with van der Waals surface area (Å²) in [5, 5.41) is 6.37. The Morgan fingerprint density at radius 2 is 2.23 bits per heavy atom. The maximum absolute atomic E-state index is 12.4. The Morgan fingerprint density at radius 1 is 1.50 bits per heavy atom. The fourth-order valence-corrected chi connectivity index (χ4v) is 2.61. The number of anilines is 1. The van der Waals surface area contributed by atoms with Crippen LogP contribution in [0.15, 0.2) is 24.3 Å². The second-order valence-electron chi connectivity index (χ2n) is 5.28. The number of nitrogens with one attached hydrogen (secondary N) is 2. The number of carbonyl (C=O) groups is 2. The summed E-state index contributed by atoms with van der Waals surface area (Å²) in [7, 11) is 1.80. The summed E-state index contributed by atoms with van der Waals surface area (Å²) in [5.74, 6) is -0.346. The largest absolute Gasteiger partial charge is 0.344 e. The van der Waals surface area contributed by atoms with Crippen molar-refractivity contribution in [2.45, 2.75) is 19.4 Å². The lowest BCUT2D eigenvalue weighted by atomic mass is 10.1. The van der Waals surface area contributed by atoms with Crippen LogP contribution in [0.3, 0.4) is 0 Å². The molecule has 0 bridgehead atoms. The van der Waals surface area contributed by atoms with Gasteiger partial charge in [-0.05, 0) is 31.7 Å². The van der Waals surface area contributed by atoms with Crippen LogP contribution < -0.4 is 15.5 Å². The average Bonchev–Trinajstić information content (AvgIpc) is 2.80. The fraction of sp³-hybridized carbons (Fsp3) is 0.467. The third kappa shape index (κ3) is 4.35. The fourth-order valence-electron chi connectivity index (χ4n) is 2.43. The molecular formula is C15H21Cl2N3O2. The van der Waals surface area contributed by atoms with Crippen LogP contribution in [0.2, 0.25) is 5.02 Å². The van der Waals surface area contributed by atoms with E-state index < -0.39 is 6.04 Å². The SMILES string of the molecule is CNCC(C)C(=O)NC1CCN(c2cccc(Cl)c2)C1=O.Cl. The van der Waals surface area contributed by atoms with Gasteiger partial charge in [-0.2, -0.15) is 0 Å². The molecule has 0 spiro atoms. The van der Waals surface area contributed by atoms with Gasteiger partial charge in [-0.25, -0.2) is 0 Å². The van der Waals surface area contributed by atoms with Gasteiger partial charge in [0.2, 0.25) is 11.8 Å². The molecule has 22 heavy (non-hydrogen) atoms. The number of nitrogens with zero attached hydrogens (tertiary/aromatic N) is 1. The quantitative estimate of drug-likeness (QED) is 0.855. The van der Waals surface area contributed by atoms with Crippen molar-refractivity contribution in [3.8, 4) is 0 Å². The minimum absolute atomic E-state index is 0. The topological polar surface area (TPSA) is 61.4 Å². The molecule has 1 aliphatic rings. The summed E-state index contributed by atoms with van der Waals surface area (Å²) in [6, 6.07) is 6.73. The zero-order valence-electron chi connectivity index (χ0n) is 12.6. The molecule has 0 aromatic heterocycles. The Labute approximate surface area is 141 Å². The van der Waals surface area contributed by atoms with E-state index in [1.165, 1.54) is 0 Å². The van der Waals surface area contributed by atoms with E-state index >= 15 is 0 Å². The zero-order valence-corrected chi connectivity index (χ0v) is 14.2. The summed E-state index contributed by atoms with van der Waals surface area (Å²) < 4.78 is 0. The average molecular weight is 346 g/mol. The third-order valence-corrected chi connectivity index (χ3v) is 3.83. The van der Waals surface area contributed by atoms with Crippen molar-refractivity contribution in [2.24, 2.45) is 5.92 Å². The number of hydrogen-bond acceptors (Lipinski definition) is 3. The Kier molecular flexibility index (Phi) is 7.13. The molecule has 2 rings (SSSR count). The summed E-state index contributed by atoms with van der Waals surface area (Å²) in [4.78, 5) is 26.0. The number of benzene rings is 1. The van der Waals surface area contributed by atoms with Crippen molar-refractivity contribution in [2.75, 3.05) is 25.0 Å². The highest BCUT2D eigenvalue weighted by atomic mass is 35.5. The number of hydrogen-bond donors (Lipinski definition) is 2. The normalized spacial score (nSPS) is 18.8. The summed E-state index contributed by atoms with van der Waals surface area (Å²) in [6.07, 6.45) is 0.614. The Balaban J connectivity index is 0.00000242. The lowest BCUT2D eigenvalue weighted by molar-refractivity contribution is -0.128. The van der Waals surface area contributed by atoms with Crippen molar-refractivity contribution in [1.29, 1.82) is 0 Å². The van der Waals surface area contributed by atoms with Gasteiger partial charge in [0.25, 0.3) is 0 Å². The van der Waals surface area contributed by atoms with Gasteiger partial charge in [0.1, 0.15) is 6.04 Å². The molecule has 1 saturated heterocycles. The molecule has 1 aliphatic heterocycles. The van der Waals surface area contributed by atoms with Gasteiger partial charge in [0.15, 0.2) is 0 Å².